The molecule has 0 saturated carbocycles. The Morgan fingerprint density at radius 1 is 1.14 bits per heavy atom. The van der Waals surface area contributed by atoms with Crippen molar-refractivity contribution in [1.29, 1.82) is 0 Å². The van der Waals surface area contributed by atoms with Gasteiger partial charge in [-0.05, 0) is 38.8 Å². The van der Waals surface area contributed by atoms with Crippen molar-refractivity contribution >= 4 is 35.6 Å². The number of nitrogens with zero attached hydrogens (tertiary/aromatic N) is 2. The van der Waals surface area contributed by atoms with Gasteiger partial charge in [0.25, 0.3) is 0 Å². The number of hydrogen-bond acceptors (Lipinski definition) is 5. The quantitative estimate of drug-likeness (QED) is 0.272. The third kappa shape index (κ3) is 6.88. The van der Waals surface area contributed by atoms with Crippen molar-refractivity contribution in [1.82, 2.24) is 5.16 Å². The van der Waals surface area contributed by atoms with Crippen LogP contribution in [0.1, 0.15) is 57.9 Å². The van der Waals surface area contributed by atoms with E-state index < -0.39 is 0 Å². The number of ether oxygens (including phenoxy) is 2. The van der Waals surface area contributed by atoms with Gasteiger partial charge in [-0.15, -0.1) is 24.0 Å². The number of rotatable bonds is 10. The minimum Gasteiger partial charge on any atom is -0.494 e. The van der Waals surface area contributed by atoms with E-state index in [1.54, 1.807) is 0 Å². The van der Waals surface area contributed by atoms with E-state index in [2.05, 4.69) is 29.3 Å². The Morgan fingerprint density at radius 2 is 1.86 bits per heavy atom. The third-order valence-electron chi connectivity index (χ3n) is 4.21. The number of hydrogen-bond donors (Lipinski definition) is 2. The second-order valence-corrected chi connectivity index (χ2v) is 6.08. The van der Waals surface area contributed by atoms with Crippen molar-refractivity contribution in [3.8, 4) is 11.5 Å². The fourth-order valence-electron chi connectivity index (χ4n) is 2.79. The number of halogens is 1. The summed E-state index contributed by atoms with van der Waals surface area (Å²) in [6.45, 7) is 9.62. The van der Waals surface area contributed by atoms with Crippen molar-refractivity contribution in [3.05, 3.63) is 35.7 Å². The molecule has 1 aromatic heterocycles. The first-order valence-corrected chi connectivity index (χ1v) is 9.53. The highest BCUT2D eigenvalue weighted by Crippen LogP contribution is 2.29. The summed E-state index contributed by atoms with van der Waals surface area (Å²) in [5.41, 5.74) is 7.72. The summed E-state index contributed by atoms with van der Waals surface area (Å²) in [5.74, 6) is 2.80. The van der Waals surface area contributed by atoms with Gasteiger partial charge in [-0.25, -0.2) is 4.99 Å². The Labute approximate surface area is 184 Å². The van der Waals surface area contributed by atoms with Crippen LogP contribution < -0.4 is 20.5 Å². The Bertz CT molecular complexity index is 745. The molecule has 0 saturated heterocycles. The first-order chi connectivity index (χ1) is 13.1. The van der Waals surface area contributed by atoms with Gasteiger partial charge in [-0.2, -0.15) is 0 Å². The number of aromatic nitrogens is 1. The third-order valence-corrected chi connectivity index (χ3v) is 4.21. The predicted molar refractivity (Wildman–Crippen MR) is 123 cm³/mol. The van der Waals surface area contributed by atoms with Crippen molar-refractivity contribution < 1.29 is 14.0 Å². The normalized spacial score (nSPS) is 11.2. The van der Waals surface area contributed by atoms with Gasteiger partial charge < -0.3 is 25.0 Å². The number of aliphatic imine (C=N–C) groups is 1. The molecule has 7 nitrogen and oxygen atoms in total. The van der Waals surface area contributed by atoms with Crippen LogP contribution in [0, 0.1) is 0 Å². The molecule has 2 rings (SSSR count). The Hall–Kier alpha value is -1.97. The molecule has 1 aromatic carbocycles. The molecule has 8 heteroatoms. The lowest BCUT2D eigenvalue weighted by Crippen LogP contribution is -2.23. The molecule has 0 radical (unpaired) electrons. The van der Waals surface area contributed by atoms with E-state index in [4.69, 9.17) is 19.7 Å². The SMILES string of the molecule is CCOc1ccc(OCC)c(NC(N)=NCc2cc(C(CC)CC)no2)c1.I. The Kier molecular flexibility index (Phi) is 10.7. The van der Waals surface area contributed by atoms with Crippen LogP contribution in [-0.4, -0.2) is 24.3 Å². The first-order valence-electron chi connectivity index (χ1n) is 9.53. The van der Waals surface area contributed by atoms with Crippen LogP contribution in [0.25, 0.3) is 0 Å². The summed E-state index contributed by atoms with van der Waals surface area (Å²) in [7, 11) is 0. The summed E-state index contributed by atoms with van der Waals surface area (Å²) >= 11 is 0. The fraction of sp³-hybridized carbons (Fsp3) is 0.500. The molecule has 0 aliphatic heterocycles. The Balaban J connectivity index is 0.00000392. The highest BCUT2D eigenvalue weighted by molar-refractivity contribution is 14.0. The zero-order chi connectivity index (χ0) is 19.6. The topological polar surface area (TPSA) is 94.9 Å². The van der Waals surface area contributed by atoms with Gasteiger partial charge in [0.2, 0.25) is 0 Å². The summed E-state index contributed by atoms with van der Waals surface area (Å²) in [6, 6.07) is 7.51. The lowest BCUT2D eigenvalue weighted by molar-refractivity contribution is 0.332. The largest absolute Gasteiger partial charge is 0.494 e. The molecule has 28 heavy (non-hydrogen) atoms. The van der Waals surface area contributed by atoms with Crippen LogP contribution in [0.3, 0.4) is 0 Å². The number of nitrogens with one attached hydrogen (secondary N) is 1. The van der Waals surface area contributed by atoms with E-state index in [-0.39, 0.29) is 29.9 Å². The Morgan fingerprint density at radius 3 is 2.50 bits per heavy atom. The van der Waals surface area contributed by atoms with Gasteiger partial charge in [0.1, 0.15) is 18.0 Å². The van der Waals surface area contributed by atoms with Gasteiger partial charge in [-0.3, -0.25) is 0 Å². The molecule has 0 fully saturated rings. The zero-order valence-electron chi connectivity index (χ0n) is 17.0. The molecule has 0 spiro atoms. The lowest BCUT2D eigenvalue weighted by atomic mass is 9.99. The first kappa shape index (κ1) is 24.1. The minimum absolute atomic E-state index is 0. The highest BCUT2D eigenvalue weighted by atomic mass is 127. The zero-order valence-corrected chi connectivity index (χ0v) is 19.4. The minimum atomic E-state index is 0. The molecule has 0 amide bonds. The molecule has 156 valence electrons. The maximum atomic E-state index is 6.04. The number of nitrogens with two attached hydrogens (primary N) is 1. The van der Waals surface area contributed by atoms with E-state index in [1.807, 2.05) is 38.1 Å². The molecule has 2 aromatic rings. The van der Waals surface area contributed by atoms with Gasteiger partial charge in [0.05, 0.1) is 24.6 Å². The summed E-state index contributed by atoms with van der Waals surface area (Å²) in [5, 5.41) is 7.23. The monoisotopic (exact) mass is 502 g/mol. The van der Waals surface area contributed by atoms with E-state index in [1.165, 1.54) is 0 Å². The van der Waals surface area contributed by atoms with E-state index in [0.717, 1.165) is 24.3 Å². The van der Waals surface area contributed by atoms with Crippen LogP contribution in [0.5, 0.6) is 11.5 Å². The number of benzene rings is 1. The van der Waals surface area contributed by atoms with Crippen LogP contribution in [0.4, 0.5) is 5.69 Å². The maximum absolute atomic E-state index is 6.04. The van der Waals surface area contributed by atoms with Crippen LogP contribution in [-0.2, 0) is 6.54 Å². The molecular formula is C20H31IN4O3. The fourth-order valence-corrected chi connectivity index (χ4v) is 2.79. The average Bonchev–Trinajstić information content (AvgIpc) is 3.12. The van der Waals surface area contributed by atoms with Crippen molar-refractivity contribution in [3.63, 3.8) is 0 Å². The molecular weight excluding hydrogens is 471 g/mol. The number of anilines is 1. The predicted octanol–water partition coefficient (Wildman–Crippen LogP) is 4.92. The van der Waals surface area contributed by atoms with Gasteiger partial charge in [0, 0.05) is 18.1 Å². The van der Waals surface area contributed by atoms with Crippen molar-refractivity contribution in [2.45, 2.75) is 53.0 Å². The molecule has 0 unspecified atom stereocenters. The summed E-state index contributed by atoms with van der Waals surface area (Å²) < 4.78 is 16.5. The molecule has 3 N–H and O–H groups in total. The van der Waals surface area contributed by atoms with E-state index in [0.29, 0.717) is 42.9 Å². The maximum Gasteiger partial charge on any atom is 0.193 e. The molecule has 1 heterocycles. The van der Waals surface area contributed by atoms with Crippen molar-refractivity contribution in [2.75, 3.05) is 18.5 Å². The van der Waals surface area contributed by atoms with Crippen LogP contribution >= 0.6 is 24.0 Å². The van der Waals surface area contributed by atoms with Gasteiger partial charge in [-0.1, -0.05) is 19.0 Å². The van der Waals surface area contributed by atoms with Crippen LogP contribution in [0.15, 0.2) is 33.8 Å². The second kappa shape index (κ2) is 12.5. The lowest BCUT2D eigenvalue weighted by Gasteiger charge is -2.13. The van der Waals surface area contributed by atoms with Crippen LogP contribution in [0.2, 0.25) is 0 Å². The molecule has 0 aliphatic carbocycles. The summed E-state index contributed by atoms with van der Waals surface area (Å²) in [6.07, 6.45) is 2.07. The van der Waals surface area contributed by atoms with E-state index in [9.17, 15) is 0 Å². The number of guanidine groups is 1. The standard InChI is InChI=1S/C20H30N4O3.HI/c1-5-14(6-2)17-12-16(27-24-17)13-22-20(21)23-18-11-15(25-7-3)9-10-19(18)26-8-4;/h9-12,14H,5-8,13H2,1-4H3,(H3,21,22,23);1H. The van der Waals surface area contributed by atoms with Gasteiger partial charge >= 0.3 is 0 Å². The van der Waals surface area contributed by atoms with Gasteiger partial charge in [0.15, 0.2) is 11.7 Å². The molecule has 0 atom stereocenters. The highest BCUT2D eigenvalue weighted by Gasteiger charge is 2.13. The smallest absolute Gasteiger partial charge is 0.193 e. The molecule has 0 bridgehead atoms. The van der Waals surface area contributed by atoms with E-state index >= 15 is 0 Å². The van der Waals surface area contributed by atoms with Crippen molar-refractivity contribution in [2.24, 2.45) is 10.7 Å². The summed E-state index contributed by atoms with van der Waals surface area (Å²) in [4.78, 5) is 4.34. The molecule has 0 aliphatic rings. The second-order valence-electron chi connectivity index (χ2n) is 6.08. The average molecular weight is 502 g/mol.